The predicted molar refractivity (Wildman–Crippen MR) is 71.7 cm³/mol. The Labute approximate surface area is 114 Å². The molecule has 108 valence electrons. The van der Waals surface area contributed by atoms with E-state index in [-0.39, 0.29) is 24.3 Å². The molecule has 2 heterocycles. The summed E-state index contributed by atoms with van der Waals surface area (Å²) < 4.78 is 0. The maximum Gasteiger partial charge on any atom is 0.303 e. The van der Waals surface area contributed by atoms with Gasteiger partial charge in [-0.15, -0.1) is 0 Å². The van der Waals surface area contributed by atoms with E-state index in [1.165, 1.54) is 0 Å². The Bertz CT molecular complexity index is 338. The van der Waals surface area contributed by atoms with Crippen molar-refractivity contribution < 1.29 is 14.7 Å². The summed E-state index contributed by atoms with van der Waals surface area (Å²) in [5.41, 5.74) is 0. The molecule has 0 radical (unpaired) electrons. The monoisotopic (exact) mass is 268 g/mol. The Kier molecular flexibility index (Phi) is 4.80. The van der Waals surface area contributed by atoms with Crippen molar-refractivity contribution in [2.75, 3.05) is 19.6 Å². The maximum absolute atomic E-state index is 12.4. The molecule has 0 spiro atoms. The van der Waals surface area contributed by atoms with Crippen molar-refractivity contribution in [2.24, 2.45) is 11.8 Å². The lowest BCUT2D eigenvalue weighted by Crippen LogP contribution is -2.44. The smallest absolute Gasteiger partial charge is 0.303 e. The fourth-order valence-electron chi connectivity index (χ4n) is 3.20. The minimum absolute atomic E-state index is 0.135. The molecule has 2 unspecified atom stereocenters. The lowest BCUT2D eigenvalue weighted by molar-refractivity contribution is -0.139. The number of carbonyl (C=O) groups is 2. The van der Waals surface area contributed by atoms with Crippen LogP contribution in [0.1, 0.15) is 39.0 Å². The number of hydrogen-bond donors (Lipinski definition) is 2. The summed E-state index contributed by atoms with van der Waals surface area (Å²) in [5.74, 6) is 0.174. The average molecular weight is 268 g/mol. The SMILES string of the molecule is CC1NCCC1C(=O)N1CCC(CCC(=O)O)CC1. The molecule has 2 fully saturated rings. The molecule has 5 heteroatoms. The van der Waals surface area contributed by atoms with Crippen molar-refractivity contribution in [3.63, 3.8) is 0 Å². The van der Waals surface area contributed by atoms with Gasteiger partial charge in [0.05, 0.1) is 5.92 Å². The van der Waals surface area contributed by atoms with Crippen molar-refractivity contribution >= 4 is 11.9 Å². The van der Waals surface area contributed by atoms with Gasteiger partial charge in [-0.1, -0.05) is 0 Å². The average Bonchev–Trinajstić information content (AvgIpc) is 2.82. The molecule has 19 heavy (non-hydrogen) atoms. The fraction of sp³-hybridized carbons (Fsp3) is 0.857. The first-order chi connectivity index (χ1) is 9.08. The number of carboxylic acid groups (broad SMARTS) is 1. The Balaban J connectivity index is 1.76. The number of nitrogens with zero attached hydrogens (tertiary/aromatic N) is 1. The van der Waals surface area contributed by atoms with Gasteiger partial charge in [0.15, 0.2) is 0 Å². The summed E-state index contributed by atoms with van der Waals surface area (Å²) in [6, 6.07) is 0.289. The molecule has 0 aromatic carbocycles. The highest BCUT2D eigenvalue weighted by Crippen LogP contribution is 2.25. The molecule has 0 bridgehead atoms. The molecule has 0 aromatic rings. The van der Waals surface area contributed by atoms with Crippen LogP contribution in [0.4, 0.5) is 0 Å². The van der Waals surface area contributed by atoms with Crippen LogP contribution < -0.4 is 5.32 Å². The largest absolute Gasteiger partial charge is 0.481 e. The number of rotatable bonds is 4. The van der Waals surface area contributed by atoms with Crippen molar-refractivity contribution in [3.8, 4) is 0 Å². The molecule has 2 rings (SSSR count). The minimum Gasteiger partial charge on any atom is -0.481 e. The first kappa shape index (κ1) is 14.3. The molecular weight excluding hydrogens is 244 g/mol. The number of carbonyl (C=O) groups excluding carboxylic acids is 1. The number of amides is 1. The van der Waals surface area contributed by atoms with Gasteiger partial charge in [-0.2, -0.15) is 0 Å². The summed E-state index contributed by atoms with van der Waals surface area (Å²) in [6.45, 7) is 4.61. The van der Waals surface area contributed by atoms with E-state index in [0.29, 0.717) is 5.92 Å². The third kappa shape index (κ3) is 3.69. The second-order valence-electron chi connectivity index (χ2n) is 5.84. The highest BCUT2D eigenvalue weighted by Gasteiger charge is 2.34. The predicted octanol–water partition coefficient (Wildman–Crippen LogP) is 1.09. The molecule has 0 aliphatic carbocycles. The molecular formula is C14H24N2O3. The first-order valence-corrected chi connectivity index (χ1v) is 7.32. The molecule has 1 amide bonds. The maximum atomic E-state index is 12.4. The molecule has 5 nitrogen and oxygen atoms in total. The zero-order valence-electron chi connectivity index (χ0n) is 11.6. The first-order valence-electron chi connectivity index (χ1n) is 7.32. The van der Waals surface area contributed by atoms with Gasteiger partial charge in [-0.25, -0.2) is 0 Å². The molecule has 0 saturated carbocycles. The number of hydrogen-bond acceptors (Lipinski definition) is 3. The Morgan fingerprint density at radius 3 is 2.47 bits per heavy atom. The van der Waals surface area contributed by atoms with E-state index in [0.717, 1.165) is 45.3 Å². The molecule has 2 atom stereocenters. The van der Waals surface area contributed by atoms with Gasteiger partial charge in [0, 0.05) is 25.6 Å². The highest BCUT2D eigenvalue weighted by molar-refractivity contribution is 5.80. The standard InChI is InChI=1S/C14H24N2O3/c1-10-12(4-7-15-10)14(19)16-8-5-11(6-9-16)2-3-13(17)18/h10-12,15H,2-9H2,1H3,(H,17,18). The summed E-state index contributed by atoms with van der Waals surface area (Å²) in [5, 5.41) is 12.0. The lowest BCUT2D eigenvalue weighted by Gasteiger charge is -2.34. The van der Waals surface area contributed by atoms with E-state index in [9.17, 15) is 9.59 Å². The molecule has 2 saturated heterocycles. The van der Waals surface area contributed by atoms with Crippen molar-refractivity contribution in [1.82, 2.24) is 10.2 Å². The van der Waals surface area contributed by atoms with Gasteiger partial charge in [-0.05, 0) is 45.1 Å². The number of piperidine rings is 1. The normalized spacial score (nSPS) is 28.6. The van der Waals surface area contributed by atoms with Crippen LogP contribution >= 0.6 is 0 Å². The highest BCUT2D eigenvalue weighted by atomic mass is 16.4. The molecule has 2 aliphatic rings. The van der Waals surface area contributed by atoms with Crippen molar-refractivity contribution in [1.29, 1.82) is 0 Å². The van der Waals surface area contributed by atoms with Crippen LogP contribution in [0, 0.1) is 11.8 Å². The third-order valence-electron chi connectivity index (χ3n) is 4.54. The zero-order valence-corrected chi connectivity index (χ0v) is 11.6. The van der Waals surface area contributed by atoms with Crippen LogP contribution in [0.25, 0.3) is 0 Å². The van der Waals surface area contributed by atoms with Crippen LogP contribution in [0.3, 0.4) is 0 Å². The van der Waals surface area contributed by atoms with Gasteiger partial charge < -0.3 is 15.3 Å². The van der Waals surface area contributed by atoms with Crippen LogP contribution in [-0.2, 0) is 9.59 Å². The lowest BCUT2D eigenvalue weighted by atomic mass is 9.91. The van der Waals surface area contributed by atoms with Crippen LogP contribution in [0.5, 0.6) is 0 Å². The number of nitrogens with one attached hydrogen (secondary N) is 1. The van der Waals surface area contributed by atoms with Crippen LogP contribution in [-0.4, -0.2) is 47.6 Å². The van der Waals surface area contributed by atoms with E-state index in [1.54, 1.807) is 0 Å². The van der Waals surface area contributed by atoms with E-state index in [1.807, 2.05) is 4.90 Å². The molecule has 0 aromatic heterocycles. The van der Waals surface area contributed by atoms with Crippen LogP contribution in [0.15, 0.2) is 0 Å². The summed E-state index contributed by atoms with van der Waals surface area (Å²) >= 11 is 0. The second-order valence-corrected chi connectivity index (χ2v) is 5.84. The number of carboxylic acids is 1. The van der Waals surface area contributed by atoms with E-state index >= 15 is 0 Å². The van der Waals surface area contributed by atoms with Gasteiger partial charge >= 0.3 is 5.97 Å². The van der Waals surface area contributed by atoms with Crippen molar-refractivity contribution in [2.45, 2.75) is 45.1 Å². The Hall–Kier alpha value is -1.10. The van der Waals surface area contributed by atoms with Gasteiger partial charge in [0.25, 0.3) is 0 Å². The number of likely N-dealkylation sites (tertiary alicyclic amines) is 1. The fourth-order valence-corrected chi connectivity index (χ4v) is 3.20. The number of aliphatic carboxylic acids is 1. The summed E-state index contributed by atoms with van der Waals surface area (Å²) in [6.07, 6.45) is 3.85. The van der Waals surface area contributed by atoms with Crippen molar-refractivity contribution in [3.05, 3.63) is 0 Å². The second kappa shape index (κ2) is 6.37. The third-order valence-corrected chi connectivity index (χ3v) is 4.54. The molecule has 2 aliphatic heterocycles. The summed E-state index contributed by atoms with van der Waals surface area (Å²) in [4.78, 5) is 24.9. The Morgan fingerprint density at radius 1 is 1.26 bits per heavy atom. The summed E-state index contributed by atoms with van der Waals surface area (Å²) in [7, 11) is 0. The Morgan fingerprint density at radius 2 is 1.95 bits per heavy atom. The van der Waals surface area contributed by atoms with Gasteiger partial charge in [0.1, 0.15) is 0 Å². The van der Waals surface area contributed by atoms with Gasteiger partial charge in [0.2, 0.25) is 5.91 Å². The van der Waals surface area contributed by atoms with Gasteiger partial charge in [-0.3, -0.25) is 9.59 Å². The van der Waals surface area contributed by atoms with E-state index < -0.39 is 5.97 Å². The topological polar surface area (TPSA) is 69.6 Å². The minimum atomic E-state index is -0.718. The zero-order chi connectivity index (χ0) is 13.8. The van der Waals surface area contributed by atoms with Crippen LogP contribution in [0.2, 0.25) is 0 Å². The quantitative estimate of drug-likeness (QED) is 0.800. The molecule has 2 N–H and O–H groups in total. The van der Waals surface area contributed by atoms with E-state index in [2.05, 4.69) is 12.2 Å². The van der Waals surface area contributed by atoms with E-state index in [4.69, 9.17) is 5.11 Å².